The molecule has 2 aromatic carbocycles. The van der Waals surface area contributed by atoms with E-state index in [9.17, 15) is 14.7 Å². The zero-order valence-corrected chi connectivity index (χ0v) is 22.5. The maximum absolute atomic E-state index is 13.8. The minimum Gasteiger partial charge on any atom is -0.503 e. The molecule has 1 N–H and O–H groups in total. The molecule has 8 heteroatoms. The molecule has 8 nitrogen and oxygen atoms in total. The number of ketones is 1. The topological polar surface area (TPSA) is 92.5 Å². The third kappa shape index (κ3) is 5.41. The molecule has 38 heavy (non-hydrogen) atoms. The number of aliphatic hydroxyl groups excluding tert-OH is 1. The number of furan rings is 1. The summed E-state index contributed by atoms with van der Waals surface area (Å²) in [4.78, 5) is 30.9. The molecule has 202 valence electrons. The van der Waals surface area contributed by atoms with Crippen molar-refractivity contribution in [2.75, 3.05) is 39.9 Å². The van der Waals surface area contributed by atoms with E-state index in [0.29, 0.717) is 42.3 Å². The average molecular weight is 521 g/mol. The van der Waals surface area contributed by atoms with Crippen molar-refractivity contribution < 1.29 is 28.6 Å². The summed E-state index contributed by atoms with van der Waals surface area (Å²) in [5.74, 6) is -0.503. The van der Waals surface area contributed by atoms with E-state index >= 15 is 0 Å². The van der Waals surface area contributed by atoms with E-state index < -0.39 is 23.5 Å². The fraction of sp³-hybridized carbons (Fsp3) is 0.400. The highest BCUT2D eigenvalue weighted by Crippen LogP contribution is 2.42. The van der Waals surface area contributed by atoms with Gasteiger partial charge in [0.15, 0.2) is 23.0 Å². The fourth-order valence-electron chi connectivity index (χ4n) is 4.78. The molecule has 0 bridgehead atoms. The number of aliphatic hydroxyl groups is 1. The molecule has 1 aliphatic heterocycles. The SMILES string of the molecule is CCCCOc1ccc(C2C(C(=O)c3cc4ccccc4o3)=C(O)C(=O)N2CCN(CC)CC)cc1OC. The molecule has 0 saturated carbocycles. The molecular formula is C30H36N2O6. The van der Waals surface area contributed by atoms with Gasteiger partial charge in [0.05, 0.1) is 25.3 Å². The highest BCUT2D eigenvalue weighted by molar-refractivity contribution is 6.16. The van der Waals surface area contributed by atoms with Gasteiger partial charge in [-0.25, -0.2) is 0 Å². The standard InChI is InChI=1S/C30H36N2O6/c1-5-8-17-37-23-14-13-21(19-24(23)36-4)27-26(28(33)25-18-20-11-9-10-12-22(20)38-25)29(34)30(35)32(27)16-15-31(6-2)7-3/h9-14,18-19,27,34H,5-8,15-17H2,1-4H3. The van der Waals surface area contributed by atoms with Crippen LogP contribution in [0.3, 0.4) is 0 Å². The van der Waals surface area contributed by atoms with Gasteiger partial charge in [-0.1, -0.05) is 51.5 Å². The molecule has 1 aromatic heterocycles. The molecule has 0 spiro atoms. The summed E-state index contributed by atoms with van der Waals surface area (Å²) in [6.07, 6.45) is 1.91. The Labute approximate surface area is 223 Å². The van der Waals surface area contributed by atoms with Crippen molar-refractivity contribution in [1.82, 2.24) is 9.80 Å². The van der Waals surface area contributed by atoms with E-state index in [1.54, 1.807) is 36.3 Å². The summed E-state index contributed by atoms with van der Waals surface area (Å²) in [5.41, 5.74) is 1.20. The van der Waals surface area contributed by atoms with Gasteiger partial charge in [0.1, 0.15) is 5.58 Å². The number of ether oxygens (including phenoxy) is 2. The van der Waals surface area contributed by atoms with Gasteiger partial charge in [-0.2, -0.15) is 0 Å². The lowest BCUT2D eigenvalue weighted by molar-refractivity contribution is -0.129. The Morgan fingerprint density at radius 2 is 1.84 bits per heavy atom. The highest BCUT2D eigenvalue weighted by atomic mass is 16.5. The summed E-state index contributed by atoms with van der Waals surface area (Å²) in [6, 6.07) is 13.5. The van der Waals surface area contributed by atoms with Crippen molar-refractivity contribution in [1.29, 1.82) is 0 Å². The second kappa shape index (κ2) is 12.2. The van der Waals surface area contributed by atoms with Crippen molar-refractivity contribution in [2.45, 2.75) is 39.7 Å². The Balaban J connectivity index is 1.75. The minimum atomic E-state index is -0.808. The van der Waals surface area contributed by atoms with E-state index in [1.165, 1.54) is 0 Å². The smallest absolute Gasteiger partial charge is 0.290 e. The van der Waals surface area contributed by atoms with Crippen LogP contribution in [-0.2, 0) is 4.79 Å². The number of amides is 1. The maximum Gasteiger partial charge on any atom is 0.290 e. The number of Topliss-reactive ketones (excluding diaryl/α,β-unsaturated/α-hetero) is 1. The number of carbonyl (C=O) groups excluding carboxylic acids is 2. The number of benzene rings is 2. The number of rotatable bonds is 13. The number of fused-ring (bicyclic) bond motifs is 1. The minimum absolute atomic E-state index is 0.00434. The van der Waals surface area contributed by atoms with Crippen LogP contribution in [0.2, 0.25) is 0 Å². The Morgan fingerprint density at radius 3 is 2.53 bits per heavy atom. The number of methoxy groups -OCH3 is 1. The summed E-state index contributed by atoms with van der Waals surface area (Å²) in [5, 5.41) is 11.8. The number of nitrogens with zero attached hydrogens (tertiary/aromatic N) is 2. The first-order valence-corrected chi connectivity index (χ1v) is 13.2. The van der Waals surface area contributed by atoms with E-state index in [0.717, 1.165) is 31.3 Å². The van der Waals surface area contributed by atoms with Crippen molar-refractivity contribution in [3.8, 4) is 11.5 Å². The van der Waals surface area contributed by atoms with Gasteiger partial charge in [0, 0.05) is 18.5 Å². The van der Waals surface area contributed by atoms with Gasteiger partial charge in [0.25, 0.3) is 5.91 Å². The number of hydrogen-bond acceptors (Lipinski definition) is 7. The van der Waals surface area contributed by atoms with Crippen LogP contribution in [0.25, 0.3) is 11.0 Å². The third-order valence-electron chi connectivity index (χ3n) is 7.01. The average Bonchev–Trinajstić information content (AvgIpc) is 3.48. The summed E-state index contributed by atoms with van der Waals surface area (Å²) < 4.78 is 17.3. The number of hydrogen-bond donors (Lipinski definition) is 1. The third-order valence-corrected chi connectivity index (χ3v) is 7.01. The fourth-order valence-corrected chi connectivity index (χ4v) is 4.78. The van der Waals surface area contributed by atoms with Crippen LogP contribution in [0.15, 0.2) is 64.3 Å². The maximum atomic E-state index is 13.8. The first-order valence-electron chi connectivity index (χ1n) is 13.2. The summed E-state index contributed by atoms with van der Waals surface area (Å²) in [7, 11) is 1.55. The van der Waals surface area contributed by atoms with Gasteiger partial charge in [-0.3, -0.25) is 9.59 Å². The van der Waals surface area contributed by atoms with E-state index in [-0.39, 0.29) is 11.3 Å². The summed E-state index contributed by atoms with van der Waals surface area (Å²) in [6.45, 7) is 9.35. The van der Waals surface area contributed by atoms with Crippen LogP contribution < -0.4 is 9.47 Å². The van der Waals surface area contributed by atoms with E-state index in [1.807, 2.05) is 24.3 Å². The molecule has 4 rings (SSSR count). The molecule has 1 unspecified atom stereocenters. The second-order valence-corrected chi connectivity index (χ2v) is 9.28. The predicted molar refractivity (Wildman–Crippen MR) is 146 cm³/mol. The number of unbranched alkanes of at least 4 members (excludes halogenated alkanes) is 1. The largest absolute Gasteiger partial charge is 0.503 e. The van der Waals surface area contributed by atoms with Crippen molar-refractivity contribution in [3.63, 3.8) is 0 Å². The Hall–Kier alpha value is -3.78. The first-order chi connectivity index (χ1) is 18.4. The molecule has 3 aromatic rings. The van der Waals surface area contributed by atoms with Gasteiger partial charge in [-0.15, -0.1) is 0 Å². The van der Waals surface area contributed by atoms with Crippen LogP contribution in [-0.4, -0.2) is 66.5 Å². The Bertz CT molecular complexity index is 1290. The molecule has 0 aliphatic carbocycles. The van der Waals surface area contributed by atoms with Crippen molar-refractivity contribution >= 4 is 22.7 Å². The summed E-state index contributed by atoms with van der Waals surface area (Å²) >= 11 is 0. The van der Waals surface area contributed by atoms with Crippen LogP contribution in [0, 0.1) is 0 Å². The lowest BCUT2D eigenvalue weighted by atomic mass is 9.94. The van der Waals surface area contributed by atoms with Crippen molar-refractivity contribution in [2.24, 2.45) is 0 Å². The zero-order valence-electron chi connectivity index (χ0n) is 22.5. The highest BCUT2D eigenvalue weighted by Gasteiger charge is 2.44. The second-order valence-electron chi connectivity index (χ2n) is 9.28. The monoisotopic (exact) mass is 520 g/mol. The Morgan fingerprint density at radius 1 is 1.08 bits per heavy atom. The van der Waals surface area contributed by atoms with Gasteiger partial charge >= 0.3 is 0 Å². The molecule has 0 fully saturated rings. The van der Waals surface area contributed by atoms with Crippen LogP contribution in [0.5, 0.6) is 11.5 Å². The number of para-hydroxylation sites is 1. The van der Waals surface area contributed by atoms with E-state index in [4.69, 9.17) is 13.9 Å². The van der Waals surface area contributed by atoms with Gasteiger partial charge in [0.2, 0.25) is 5.78 Å². The lowest BCUT2D eigenvalue weighted by Gasteiger charge is -2.29. The Kier molecular flexibility index (Phi) is 8.73. The van der Waals surface area contributed by atoms with Gasteiger partial charge < -0.3 is 28.8 Å². The van der Waals surface area contributed by atoms with Crippen LogP contribution >= 0.6 is 0 Å². The molecule has 0 radical (unpaired) electrons. The predicted octanol–water partition coefficient (Wildman–Crippen LogP) is 5.54. The molecule has 1 aliphatic rings. The zero-order chi connectivity index (χ0) is 27.2. The van der Waals surface area contributed by atoms with Crippen LogP contribution in [0.1, 0.15) is 55.8 Å². The van der Waals surface area contributed by atoms with Gasteiger partial charge in [-0.05, 0) is 49.3 Å². The van der Waals surface area contributed by atoms with Crippen molar-refractivity contribution in [3.05, 3.63) is 71.2 Å². The lowest BCUT2D eigenvalue weighted by Crippen LogP contribution is -2.38. The van der Waals surface area contributed by atoms with Crippen LogP contribution in [0.4, 0.5) is 0 Å². The molecule has 2 heterocycles. The van der Waals surface area contributed by atoms with E-state index in [2.05, 4.69) is 25.7 Å². The molecule has 0 saturated heterocycles. The first kappa shape index (κ1) is 27.3. The molecule has 1 amide bonds. The normalized spacial score (nSPS) is 15.7. The molecular weight excluding hydrogens is 484 g/mol. The number of carbonyl (C=O) groups is 2. The molecule has 1 atom stereocenters. The quantitative estimate of drug-likeness (QED) is 0.234. The number of likely N-dealkylation sites (N-methyl/N-ethyl adjacent to an activating group) is 1.